The molecule has 3 aliphatic rings. The minimum Gasteiger partial charge on any atom is -0.310 e. The van der Waals surface area contributed by atoms with E-state index in [0.29, 0.717) is 0 Å². The maximum atomic E-state index is 2.50. The molecule has 1 aromatic heterocycles. The van der Waals surface area contributed by atoms with E-state index in [-0.39, 0.29) is 16.2 Å². The number of fused-ring (bicyclic) bond motifs is 11. The molecule has 0 amide bonds. The second-order valence-corrected chi connectivity index (χ2v) is 18.6. The van der Waals surface area contributed by atoms with Crippen LogP contribution >= 0.6 is 0 Å². The number of para-hydroxylation sites is 2. The Labute approximate surface area is 347 Å². The van der Waals surface area contributed by atoms with Gasteiger partial charge in [0.05, 0.1) is 22.4 Å². The summed E-state index contributed by atoms with van der Waals surface area (Å²) in [5.74, 6) is 0. The lowest BCUT2D eigenvalue weighted by atomic mass is 9.72. The number of hydrogen-bond acceptors (Lipinski definition) is 1. The molecule has 0 fully saturated rings. The van der Waals surface area contributed by atoms with E-state index in [1.807, 2.05) is 0 Å². The molecular weight excluding hydrogens is 713 g/mol. The van der Waals surface area contributed by atoms with Crippen molar-refractivity contribution in [3.05, 3.63) is 203 Å². The summed E-state index contributed by atoms with van der Waals surface area (Å²) in [6, 6.07) is 64.0. The molecule has 1 aliphatic heterocycles. The van der Waals surface area contributed by atoms with Crippen molar-refractivity contribution in [1.82, 2.24) is 4.57 Å². The minimum absolute atomic E-state index is 0.0611. The summed E-state index contributed by atoms with van der Waals surface area (Å²) in [7, 11) is 0. The van der Waals surface area contributed by atoms with Gasteiger partial charge in [0.15, 0.2) is 0 Å². The normalized spacial score (nSPS) is 16.0. The van der Waals surface area contributed by atoms with Crippen LogP contribution in [0.3, 0.4) is 0 Å². The highest BCUT2D eigenvalue weighted by molar-refractivity contribution is 6.11. The quantitative estimate of drug-likeness (QED) is 0.174. The summed E-state index contributed by atoms with van der Waals surface area (Å²) in [5, 5.41) is 2.59. The molecular formula is C57H46N2. The highest BCUT2D eigenvalue weighted by Crippen LogP contribution is 2.58. The van der Waals surface area contributed by atoms with Crippen molar-refractivity contribution in [3.63, 3.8) is 0 Å². The maximum absolute atomic E-state index is 2.50. The van der Waals surface area contributed by atoms with E-state index >= 15 is 0 Å². The molecule has 2 aliphatic carbocycles. The van der Waals surface area contributed by atoms with Crippen LogP contribution in [0.2, 0.25) is 0 Å². The zero-order valence-electron chi connectivity index (χ0n) is 34.6. The van der Waals surface area contributed by atoms with E-state index in [1.54, 1.807) is 0 Å². The predicted molar refractivity (Wildman–Crippen MR) is 248 cm³/mol. The Balaban J connectivity index is 0.939. The maximum Gasteiger partial charge on any atom is 0.0544 e. The van der Waals surface area contributed by atoms with Gasteiger partial charge in [-0.25, -0.2) is 0 Å². The molecule has 2 heterocycles. The molecule has 59 heavy (non-hydrogen) atoms. The second kappa shape index (κ2) is 11.7. The molecule has 0 bridgehead atoms. The Morgan fingerprint density at radius 1 is 0.322 bits per heavy atom. The largest absolute Gasteiger partial charge is 0.310 e. The van der Waals surface area contributed by atoms with Gasteiger partial charge in [0.2, 0.25) is 0 Å². The van der Waals surface area contributed by atoms with Crippen molar-refractivity contribution in [3.8, 4) is 39.1 Å². The van der Waals surface area contributed by atoms with Crippen molar-refractivity contribution in [2.24, 2.45) is 0 Å². The fourth-order valence-corrected chi connectivity index (χ4v) is 11.2. The third kappa shape index (κ3) is 4.58. The van der Waals surface area contributed by atoms with E-state index in [9.17, 15) is 0 Å². The van der Waals surface area contributed by atoms with E-state index in [0.717, 1.165) is 0 Å². The molecule has 0 radical (unpaired) electrons. The highest BCUT2D eigenvalue weighted by Gasteiger charge is 2.42. The molecule has 0 saturated carbocycles. The van der Waals surface area contributed by atoms with Crippen molar-refractivity contribution >= 4 is 38.9 Å². The van der Waals surface area contributed by atoms with E-state index in [2.05, 4.69) is 221 Å². The molecule has 8 aromatic carbocycles. The number of benzene rings is 8. The molecule has 9 aromatic rings. The van der Waals surface area contributed by atoms with Crippen molar-refractivity contribution in [1.29, 1.82) is 0 Å². The summed E-state index contributed by atoms with van der Waals surface area (Å²) in [4.78, 5) is 2.50. The average Bonchev–Trinajstić information content (AvgIpc) is 3.79. The minimum atomic E-state index is -0.154. The van der Waals surface area contributed by atoms with Crippen LogP contribution in [0.5, 0.6) is 0 Å². The van der Waals surface area contributed by atoms with Gasteiger partial charge in [0, 0.05) is 38.4 Å². The molecule has 0 saturated heterocycles. The highest BCUT2D eigenvalue weighted by atomic mass is 15.2. The van der Waals surface area contributed by atoms with E-state index in [1.165, 1.54) is 111 Å². The molecule has 0 spiro atoms. The molecule has 0 atom stereocenters. The Kier molecular flexibility index (Phi) is 6.84. The summed E-state index contributed by atoms with van der Waals surface area (Å²) < 4.78 is 2.46. The Bertz CT molecular complexity index is 3230. The van der Waals surface area contributed by atoms with Gasteiger partial charge in [0.25, 0.3) is 0 Å². The molecule has 0 N–H and O–H groups in total. The zero-order chi connectivity index (χ0) is 40.0. The van der Waals surface area contributed by atoms with Gasteiger partial charge in [-0.15, -0.1) is 0 Å². The Morgan fingerprint density at radius 3 is 1.49 bits per heavy atom. The van der Waals surface area contributed by atoms with Crippen molar-refractivity contribution in [2.45, 2.75) is 57.8 Å². The summed E-state index contributed by atoms with van der Waals surface area (Å²) in [5.41, 5.74) is 23.3. The van der Waals surface area contributed by atoms with Crippen LogP contribution in [0.1, 0.15) is 74.9 Å². The summed E-state index contributed by atoms with van der Waals surface area (Å²) in [6.07, 6.45) is 0. The lowest BCUT2D eigenvalue weighted by molar-refractivity contribution is 0.627. The van der Waals surface area contributed by atoms with Gasteiger partial charge < -0.3 is 9.47 Å². The van der Waals surface area contributed by atoms with Crippen LogP contribution in [-0.4, -0.2) is 4.57 Å². The summed E-state index contributed by atoms with van der Waals surface area (Å²) in [6.45, 7) is 14.3. The second-order valence-electron chi connectivity index (χ2n) is 18.6. The van der Waals surface area contributed by atoms with Gasteiger partial charge in [-0.2, -0.15) is 0 Å². The molecule has 284 valence electrons. The molecule has 12 rings (SSSR count). The van der Waals surface area contributed by atoms with Crippen LogP contribution in [0.15, 0.2) is 170 Å². The van der Waals surface area contributed by atoms with Gasteiger partial charge in [-0.05, 0) is 127 Å². The monoisotopic (exact) mass is 758 g/mol. The van der Waals surface area contributed by atoms with Crippen LogP contribution in [0, 0.1) is 0 Å². The van der Waals surface area contributed by atoms with Crippen LogP contribution < -0.4 is 4.90 Å². The van der Waals surface area contributed by atoms with Gasteiger partial charge >= 0.3 is 0 Å². The summed E-state index contributed by atoms with van der Waals surface area (Å²) >= 11 is 0. The van der Waals surface area contributed by atoms with Crippen LogP contribution in [0.25, 0.3) is 60.9 Å². The lowest BCUT2D eigenvalue weighted by Crippen LogP contribution is -2.31. The molecule has 2 heteroatoms. The predicted octanol–water partition coefficient (Wildman–Crippen LogP) is 15.2. The number of hydrogen-bond donors (Lipinski definition) is 0. The molecule has 0 unspecified atom stereocenters. The van der Waals surface area contributed by atoms with E-state index in [4.69, 9.17) is 0 Å². The Morgan fingerprint density at radius 2 is 0.831 bits per heavy atom. The smallest absolute Gasteiger partial charge is 0.0544 e. The van der Waals surface area contributed by atoms with Gasteiger partial charge in [-0.3, -0.25) is 0 Å². The van der Waals surface area contributed by atoms with Crippen LogP contribution in [-0.2, 0) is 16.2 Å². The number of aromatic nitrogens is 1. The van der Waals surface area contributed by atoms with Crippen molar-refractivity contribution in [2.75, 3.05) is 4.90 Å². The van der Waals surface area contributed by atoms with Gasteiger partial charge in [0.1, 0.15) is 0 Å². The SMILES string of the molecule is CC1(C)c2ccccc2-c2cc3c(cc21)N(c1ccc(-c2ccc(-n4c5ccccc5c5cc6c(cc54)C(C)(C)c4ccccc4-6)cc2)cc1)c1ccccc1C3(C)C. The van der Waals surface area contributed by atoms with Gasteiger partial charge in [-0.1, -0.05) is 151 Å². The fourth-order valence-electron chi connectivity index (χ4n) is 11.2. The average molecular weight is 759 g/mol. The number of anilines is 3. The Hall–Kier alpha value is -6.64. The van der Waals surface area contributed by atoms with Crippen LogP contribution in [0.4, 0.5) is 17.1 Å². The number of nitrogens with zero attached hydrogens (tertiary/aromatic N) is 2. The topological polar surface area (TPSA) is 8.17 Å². The third-order valence-corrected chi connectivity index (χ3v) is 14.4. The third-order valence-electron chi connectivity index (χ3n) is 14.4. The number of rotatable bonds is 3. The first-order valence-electron chi connectivity index (χ1n) is 21.1. The van der Waals surface area contributed by atoms with E-state index < -0.39 is 0 Å². The zero-order valence-corrected chi connectivity index (χ0v) is 34.6. The first kappa shape index (κ1) is 34.4. The van der Waals surface area contributed by atoms with Crippen molar-refractivity contribution < 1.29 is 0 Å². The lowest BCUT2D eigenvalue weighted by Gasteiger charge is -2.43. The first-order chi connectivity index (χ1) is 28.5. The standard InChI is InChI=1S/C57H46N2/c1-55(2)45-18-10-7-15-39(45)42-31-44-41-17-9-13-21-51(41)58(53(44)33-48(42)55)37-27-23-35(24-28-37)36-25-29-38(30-26-36)59-52-22-14-12-20-47(52)57(5,6)50-32-43-40-16-8-11-19-46(40)56(3,4)49(43)34-54(50)59/h7-34H,1-6H3. The molecule has 2 nitrogen and oxygen atoms in total. The fraction of sp³-hybridized carbons (Fsp3) is 0.158. The first-order valence-corrected chi connectivity index (χ1v) is 21.1.